The number of anilines is 1. The number of nitrogens with one attached hydrogen (secondary N) is 1. The number of rotatable bonds is 6. The van der Waals surface area contributed by atoms with E-state index in [9.17, 15) is 14.0 Å². The molecule has 4 rings (SSSR count). The van der Waals surface area contributed by atoms with Gasteiger partial charge in [0.15, 0.2) is 5.82 Å². The predicted octanol–water partition coefficient (Wildman–Crippen LogP) is 2.22. The van der Waals surface area contributed by atoms with Crippen LogP contribution in [-0.4, -0.2) is 51.2 Å². The molecule has 1 saturated heterocycles. The average molecular weight is 430 g/mol. The molecular formula is C19H19FN6O3S. The van der Waals surface area contributed by atoms with Crippen LogP contribution < -0.4 is 10.2 Å². The van der Waals surface area contributed by atoms with Gasteiger partial charge < -0.3 is 10.1 Å². The number of hydrogen-bond donors (Lipinski definition) is 1. The summed E-state index contributed by atoms with van der Waals surface area (Å²) in [6.45, 7) is 3.74. The van der Waals surface area contributed by atoms with Crippen molar-refractivity contribution in [3.63, 3.8) is 0 Å². The van der Waals surface area contributed by atoms with Crippen LogP contribution in [0.15, 0.2) is 29.8 Å². The predicted molar refractivity (Wildman–Crippen MR) is 107 cm³/mol. The first kappa shape index (κ1) is 20.0. The van der Waals surface area contributed by atoms with Gasteiger partial charge in [0.25, 0.3) is 0 Å². The monoisotopic (exact) mass is 430 g/mol. The van der Waals surface area contributed by atoms with Crippen LogP contribution in [0.5, 0.6) is 0 Å². The summed E-state index contributed by atoms with van der Waals surface area (Å²) in [5, 5.41) is 13.6. The summed E-state index contributed by atoms with van der Waals surface area (Å²) in [6.07, 6.45) is 1.10. The van der Waals surface area contributed by atoms with Crippen molar-refractivity contribution in [3.05, 3.63) is 52.0 Å². The third-order valence-corrected chi connectivity index (χ3v) is 5.45. The Balaban J connectivity index is 1.47. The van der Waals surface area contributed by atoms with E-state index in [1.165, 1.54) is 40.0 Å². The average Bonchev–Trinajstić information content (AvgIpc) is 3.41. The molecule has 0 radical (unpaired) electrons. The number of thiazole rings is 1. The molecule has 0 aliphatic carbocycles. The van der Waals surface area contributed by atoms with Crippen LogP contribution in [0.1, 0.15) is 23.3 Å². The molecular weight excluding hydrogens is 411 g/mol. The lowest BCUT2D eigenvalue weighted by molar-refractivity contribution is -0.119. The van der Waals surface area contributed by atoms with Crippen molar-refractivity contribution in [3.8, 4) is 5.69 Å². The van der Waals surface area contributed by atoms with Crippen LogP contribution in [0.4, 0.5) is 14.9 Å². The normalized spacial score (nSPS) is 16.0. The van der Waals surface area contributed by atoms with Gasteiger partial charge in [0.2, 0.25) is 5.91 Å². The first-order valence-corrected chi connectivity index (χ1v) is 10.1. The number of hydrogen-bond acceptors (Lipinski definition) is 7. The molecule has 1 aliphatic rings. The number of aromatic nitrogens is 4. The molecule has 30 heavy (non-hydrogen) atoms. The molecule has 156 valence electrons. The van der Waals surface area contributed by atoms with Gasteiger partial charge in [-0.3, -0.25) is 9.69 Å². The van der Waals surface area contributed by atoms with Crippen molar-refractivity contribution in [1.29, 1.82) is 0 Å². The molecule has 2 aromatic heterocycles. The molecule has 3 aromatic rings. The van der Waals surface area contributed by atoms with Gasteiger partial charge in [-0.2, -0.15) is 0 Å². The van der Waals surface area contributed by atoms with Crippen LogP contribution in [0.25, 0.3) is 5.69 Å². The SMILES string of the molecule is CC(=O)NCC1CN(c2ccc(-n3cc(Cc4nc(C)cs4)nn3)c(F)c2)C(=O)O1. The van der Waals surface area contributed by atoms with Gasteiger partial charge in [-0.1, -0.05) is 5.21 Å². The topological polar surface area (TPSA) is 102 Å². The van der Waals surface area contributed by atoms with Gasteiger partial charge >= 0.3 is 6.09 Å². The van der Waals surface area contributed by atoms with E-state index in [1.807, 2.05) is 12.3 Å². The Morgan fingerprint density at radius 1 is 1.43 bits per heavy atom. The van der Waals surface area contributed by atoms with Gasteiger partial charge in [-0.25, -0.2) is 18.9 Å². The fourth-order valence-corrected chi connectivity index (χ4v) is 3.87. The van der Waals surface area contributed by atoms with E-state index in [0.717, 1.165) is 10.7 Å². The third-order valence-electron chi connectivity index (χ3n) is 4.48. The van der Waals surface area contributed by atoms with Crippen LogP contribution in [0.3, 0.4) is 0 Å². The van der Waals surface area contributed by atoms with Crippen LogP contribution in [-0.2, 0) is 16.0 Å². The number of carbonyl (C=O) groups excluding carboxylic acids is 2. The first-order chi connectivity index (χ1) is 14.4. The summed E-state index contributed by atoms with van der Waals surface area (Å²) in [7, 11) is 0. The van der Waals surface area contributed by atoms with Gasteiger partial charge in [0.05, 0.1) is 35.7 Å². The molecule has 1 N–H and O–H groups in total. The molecule has 1 atom stereocenters. The molecule has 1 unspecified atom stereocenters. The van der Waals surface area contributed by atoms with Gasteiger partial charge in [0, 0.05) is 24.4 Å². The maximum absolute atomic E-state index is 14.8. The highest BCUT2D eigenvalue weighted by molar-refractivity contribution is 7.09. The van der Waals surface area contributed by atoms with Crippen molar-refractivity contribution in [1.82, 2.24) is 25.3 Å². The van der Waals surface area contributed by atoms with Gasteiger partial charge in [0.1, 0.15) is 11.8 Å². The lowest BCUT2D eigenvalue weighted by Crippen LogP contribution is -2.33. The number of nitrogens with zero attached hydrogens (tertiary/aromatic N) is 5. The second-order valence-corrected chi connectivity index (χ2v) is 7.85. The van der Waals surface area contributed by atoms with E-state index in [1.54, 1.807) is 12.3 Å². The van der Waals surface area contributed by atoms with E-state index >= 15 is 0 Å². The minimum absolute atomic E-state index is 0.207. The molecule has 1 fully saturated rings. The second-order valence-electron chi connectivity index (χ2n) is 6.90. The molecule has 0 spiro atoms. The Morgan fingerprint density at radius 3 is 2.97 bits per heavy atom. The fraction of sp³-hybridized carbons (Fsp3) is 0.316. The molecule has 0 bridgehead atoms. The minimum Gasteiger partial charge on any atom is -0.442 e. The van der Waals surface area contributed by atoms with Crippen molar-refractivity contribution in [2.45, 2.75) is 26.4 Å². The lowest BCUT2D eigenvalue weighted by Gasteiger charge is -2.14. The smallest absolute Gasteiger partial charge is 0.414 e. The first-order valence-electron chi connectivity index (χ1n) is 9.24. The van der Waals surface area contributed by atoms with E-state index in [-0.39, 0.29) is 24.7 Å². The zero-order valence-electron chi connectivity index (χ0n) is 16.3. The number of carbonyl (C=O) groups is 2. The standard InChI is InChI=1S/C19H19FN6O3S/c1-11-10-30-18(22-11)5-13-8-26(24-23-13)17-4-3-14(6-16(17)20)25-9-15(29-19(25)28)7-21-12(2)27/h3-4,6,8,10,15H,5,7,9H2,1-2H3,(H,21,27). The zero-order valence-corrected chi connectivity index (χ0v) is 17.1. The van der Waals surface area contributed by atoms with Gasteiger partial charge in [-0.15, -0.1) is 16.4 Å². The molecule has 2 amide bonds. The maximum atomic E-state index is 14.8. The van der Waals surface area contributed by atoms with Crippen molar-refractivity contribution in [2.24, 2.45) is 0 Å². The summed E-state index contributed by atoms with van der Waals surface area (Å²) in [5.74, 6) is -0.760. The molecule has 3 heterocycles. The summed E-state index contributed by atoms with van der Waals surface area (Å²) >= 11 is 1.54. The highest BCUT2D eigenvalue weighted by Crippen LogP contribution is 2.25. The lowest BCUT2D eigenvalue weighted by atomic mass is 10.2. The van der Waals surface area contributed by atoms with Crippen molar-refractivity contribution in [2.75, 3.05) is 18.0 Å². The number of ether oxygens (including phenoxy) is 1. The number of amides is 2. The van der Waals surface area contributed by atoms with E-state index in [4.69, 9.17) is 4.74 Å². The van der Waals surface area contributed by atoms with E-state index in [0.29, 0.717) is 17.8 Å². The zero-order chi connectivity index (χ0) is 21.3. The number of halogens is 1. The maximum Gasteiger partial charge on any atom is 0.414 e. The Labute approximate surface area is 175 Å². The third kappa shape index (κ3) is 4.30. The Kier molecular flexibility index (Phi) is 5.44. The van der Waals surface area contributed by atoms with E-state index < -0.39 is 18.0 Å². The highest BCUT2D eigenvalue weighted by Gasteiger charge is 2.32. The van der Waals surface area contributed by atoms with Crippen molar-refractivity contribution < 1.29 is 18.7 Å². The molecule has 11 heteroatoms. The largest absolute Gasteiger partial charge is 0.442 e. The van der Waals surface area contributed by atoms with Crippen LogP contribution >= 0.6 is 11.3 Å². The molecule has 0 saturated carbocycles. The highest BCUT2D eigenvalue weighted by atomic mass is 32.1. The Morgan fingerprint density at radius 2 is 2.27 bits per heavy atom. The number of benzene rings is 1. The summed E-state index contributed by atoms with van der Waals surface area (Å²) in [4.78, 5) is 28.9. The summed E-state index contributed by atoms with van der Waals surface area (Å²) in [6, 6.07) is 4.40. The van der Waals surface area contributed by atoms with Gasteiger partial charge in [-0.05, 0) is 25.1 Å². The Hall–Kier alpha value is -3.34. The number of cyclic esters (lactones) is 1. The molecule has 1 aromatic carbocycles. The molecule has 9 nitrogen and oxygen atoms in total. The molecule has 1 aliphatic heterocycles. The van der Waals surface area contributed by atoms with Crippen molar-refractivity contribution >= 4 is 29.0 Å². The second kappa shape index (κ2) is 8.19. The van der Waals surface area contributed by atoms with Crippen LogP contribution in [0, 0.1) is 12.7 Å². The Bertz CT molecular complexity index is 1100. The minimum atomic E-state index is -0.584. The number of aryl methyl sites for hydroxylation is 1. The van der Waals surface area contributed by atoms with Crippen LogP contribution in [0.2, 0.25) is 0 Å². The fourth-order valence-electron chi connectivity index (χ4n) is 3.08. The van der Waals surface area contributed by atoms with E-state index in [2.05, 4.69) is 20.6 Å². The quantitative estimate of drug-likeness (QED) is 0.643. The summed E-state index contributed by atoms with van der Waals surface area (Å²) < 4.78 is 21.3. The summed E-state index contributed by atoms with van der Waals surface area (Å²) in [5.41, 5.74) is 2.21.